The molecule has 0 heterocycles. The first kappa shape index (κ1) is 27.1. The third kappa shape index (κ3) is 5.09. The summed E-state index contributed by atoms with van der Waals surface area (Å²) in [6.45, 7) is 5.62. The van der Waals surface area contributed by atoms with Gasteiger partial charge in [0.15, 0.2) is 0 Å². The lowest BCUT2D eigenvalue weighted by Gasteiger charge is -2.44. The minimum absolute atomic E-state index is 0.100. The summed E-state index contributed by atoms with van der Waals surface area (Å²) < 4.78 is 10.9. The molecule has 0 spiro atoms. The topological polar surface area (TPSA) is 133 Å². The quantitative estimate of drug-likeness (QED) is 0.185. The number of hydrogen-bond acceptors (Lipinski definition) is 8. The Labute approximate surface area is 224 Å². The van der Waals surface area contributed by atoms with Gasteiger partial charge in [-0.15, -0.1) is 0 Å². The molecule has 0 aliphatic carbocycles. The van der Waals surface area contributed by atoms with Crippen molar-refractivity contribution in [2.24, 2.45) is 17.3 Å². The summed E-state index contributed by atoms with van der Waals surface area (Å²) in [5.41, 5.74) is -3.77. The number of rotatable bonds is 9. The Morgan fingerprint density at radius 3 is 1.41 bits per heavy atom. The zero-order chi connectivity index (χ0) is 28.3. The van der Waals surface area contributed by atoms with Crippen LogP contribution in [0.1, 0.15) is 13.8 Å². The number of carboxylic acid groups (broad SMARTS) is 2. The molecule has 4 aromatic rings. The van der Waals surface area contributed by atoms with Gasteiger partial charge in [0, 0.05) is 0 Å². The Kier molecular flexibility index (Phi) is 7.49. The van der Waals surface area contributed by atoms with Gasteiger partial charge >= 0.3 is 11.9 Å². The first-order chi connectivity index (χ1) is 18.5. The molecule has 0 aromatic heterocycles. The summed E-state index contributed by atoms with van der Waals surface area (Å²) in [5.74, 6) is -9.47. The van der Waals surface area contributed by atoms with Crippen LogP contribution in [0.15, 0.2) is 97.1 Å². The number of carbonyl (C=O) groups is 4. The molecule has 0 radical (unpaired) electrons. The zero-order valence-electron chi connectivity index (χ0n) is 21.2. The third-order valence-corrected chi connectivity index (χ3v) is 7.04. The fourth-order valence-electron chi connectivity index (χ4n) is 4.79. The van der Waals surface area contributed by atoms with Gasteiger partial charge in [0.25, 0.3) is 0 Å². The van der Waals surface area contributed by atoms with E-state index in [1.807, 2.05) is 24.3 Å². The number of benzene rings is 4. The average Bonchev–Trinajstić information content (AvgIpc) is 2.92. The van der Waals surface area contributed by atoms with Gasteiger partial charge in [-0.2, -0.15) is 0 Å². The molecule has 2 atom stereocenters. The fraction of sp³-hybridized carbons (Fsp3) is 0.161. The van der Waals surface area contributed by atoms with Crippen molar-refractivity contribution in [2.45, 2.75) is 13.8 Å². The first-order valence-corrected chi connectivity index (χ1v) is 12.1. The lowest BCUT2D eigenvalue weighted by Crippen LogP contribution is -2.59. The number of carboxylic acids is 2. The predicted molar refractivity (Wildman–Crippen MR) is 139 cm³/mol. The van der Waals surface area contributed by atoms with Gasteiger partial charge in [-0.1, -0.05) is 81.1 Å². The van der Waals surface area contributed by atoms with Crippen molar-refractivity contribution in [3.05, 3.63) is 97.1 Å². The van der Waals surface area contributed by atoms with Crippen LogP contribution in [-0.4, -0.2) is 23.9 Å². The van der Waals surface area contributed by atoms with Gasteiger partial charge in [-0.05, 0) is 51.4 Å². The number of ether oxygens (including phenoxy) is 2. The van der Waals surface area contributed by atoms with E-state index in [1.165, 1.54) is 12.1 Å². The van der Waals surface area contributed by atoms with Gasteiger partial charge in [-0.25, -0.2) is 0 Å². The minimum atomic E-state index is -2.75. The maximum atomic E-state index is 13.2. The van der Waals surface area contributed by atoms with E-state index in [0.29, 0.717) is 0 Å². The van der Waals surface area contributed by atoms with E-state index in [4.69, 9.17) is 9.47 Å². The molecule has 0 N–H and O–H groups in total. The van der Waals surface area contributed by atoms with E-state index < -0.39 is 46.7 Å². The number of carbonyl (C=O) groups excluding carboxylic acids is 4. The van der Waals surface area contributed by atoms with E-state index >= 15 is 0 Å². The minimum Gasteiger partial charge on any atom is -0.549 e. The molecule has 8 nitrogen and oxygen atoms in total. The molecule has 39 heavy (non-hydrogen) atoms. The van der Waals surface area contributed by atoms with Crippen LogP contribution in [0, 0.1) is 17.3 Å². The van der Waals surface area contributed by atoms with Gasteiger partial charge in [0.2, 0.25) is 0 Å². The van der Waals surface area contributed by atoms with Crippen molar-refractivity contribution in [2.75, 3.05) is 0 Å². The fourth-order valence-corrected chi connectivity index (χ4v) is 4.79. The van der Waals surface area contributed by atoms with Crippen LogP contribution in [0.4, 0.5) is 0 Å². The Morgan fingerprint density at radius 2 is 1.05 bits per heavy atom. The first-order valence-electron chi connectivity index (χ1n) is 12.1. The molecule has 2 unspecified atom stereocenters. The molecule has 0 bridgehead atoms. The predicted octanol–water partition coefficient (Wildman–Crippen LogP) is 2.82. The van der Waals surface area contributed by atoms with Gasteiger partial charge < -0.3 is 29.3 Å². The molecule has 4 aromatic carbocycles. The SMILES string of the molecule is C=C(C(=O)[O-])C(C(=O)[O-])(C(C)C(=O)Oc1ccc2ccccc2c1)C(C)C(=O)Oc1ccc2ccccc2c1. The second-order valence-electron chi connectivity index (χ2n) is 9.23. The van der Waals surface area contributed by atoms with E-state index in [2.05, 4.69) is 6.58 Å². The van der Waals surface area contributed by atoms with E-state index in [1.54, 1.807) is 48.5 Å². The molecule has 0 amide bonds. The maximum Gasteiger partial charge on any atom is 0.315 e. The van der Waals surface area contributed by atoms with Crippen molar-refractivity contribution in [3.63, 3.8) is 0 Å². The summed E-state index contributed by atoms with van der Waals surface area (Å²) in [6.07, 6.45) is 0. The molecule has 0 aliphatic rings. The zero-order valence-corrected chi connectivity index (χ0v) is 21.2. The summed E-state index contributed by atoms with van der Waals surface area (Å²) in [7, 11) is 0. The Hall–Kier alpha value is -4.98. The van der Waals surface area contributed by atoms with Gasteiger partial charge in [0.1, 0.15) is 11.5 Å². The lowest BCUT2D eigenvalue weighted by atomic mass is 9.63. The van der Waals surface area contributed by atoms with Crippen LogP contribution in [0.2, 0.25) is 0 Å². The van der Waals surface area contributed by atoms with Crippen molar-refractivity contribution in [1.29, 1.82) is 0 Å². The molecule has 0 saturated carbocycles. The van der Waals surface area contributed by atoms with Crippen LogP contribution >= 0.6 is 0 Å². The van der Waals surface area contributed by atoms with E-state index in [0.717, 1.165) is 35.4 Å². The summed E-state index contributed by atoms with van der Waals surface area (Å²) >= 11 is 0. The molecule has 0 fully saturated rings. The van der Waals surface area contributed by atoms with E-state index in [9.17, 15) is 29.4 Å². The van der Waals surface area contributed by atoms with Crippen molar-refractivity contribution in [1.82, 2.24) is 0 Å². The molecular weight excluding hydrogens is 500 g/mol. The number of fused-ring (bicyclic) bond motifs is 2. The highest BCUT2D eigenvalue weighted by Gasteiger charge is 2.53. The standard InChI is InChI=1S/C31H26O8/c1-18(27(32)33)31(30(36)37,19(2)28(34)38-25-14-12-21-8-4-6-10-23(21)16-25)20(3)29(35)39-26-15-13-22-9-5-7-11-24(22)17-26/h4-17,19-20H,1H2,2-3H3,(H,32,33)(H,36,37)/p-2. The van der Waals surface area contributed by atoms with Crippen molar-refractivity contribution in [3.8, 4) is 11.5 Å². The highest BCUT2D eigenvalue weighted by atomic mass is 16.5. The monoisotopic (exact) mass is 524 g/mol. The number of esters is 2. The van der Waals surface area contributed by atoms with Crippen LogP contribution < -0.4 is 19.7 Å². The molecule has 198 valence electrons. The maximum absolute atomic E-state index is 13.2. The molecule has 0 saturated heterocycles. The molecule has 4 rings (SSSR count). The second kappa shape index (κ2) is 10.8. The molecule has 8 heteroatoms. The van der Waals surface area contributed by atoms with Gasteiger partial charge in [-0.3, -0.25) is 9.59 Å². The third-order valence-electron chi connectivity index (χ3n) is 7.04. The summed E-state index contributed by atoms with van der Waals surface area (Å²) in [6, 6.07) is 24.2. The molecular formula is C31H24O8-2. The van der Waals surface area contributed by atoms with Crippen LogP contribution in [0.5, 0.6) is 11.5 Å². The average molecular weight is 525 g/mol. The summed E-state index contributed by atoms with van der Waals surface area (Å²) in [5, 5.41) is 27.8. The Balaban J connectivity index is 1.67. The Morgan fingerprint density at radius 1 is 0.667 bits per heavy atom. The van der Waals surface area contributed by atoms with Crippen LogP contribution in [-0.2, 0) is 19.2 Å². The van der Waals surface area contributed by atoms with E-state index in [-0.39, 0.29) is 11.5 Å². The normalized spacial score (nSPS) is 14.1. The smallest absolute Gasteiger partial charge is 0.315 e. The summed E-state index contributed by atoms with van der Waals surface area (Å²) in [4.78, 5) is 51.0. The lowest BCUT2D eigenvalue weighted by molar-refractivity contribution is -0.326. The Bertz CT molecular complexity index is 1520. The van der Waals surface area contributed by atoms with Crippen molar-refractivity contribution < 1.29 is 38.9 Å². The van der Waals surface area contributed by atoms with Crippen molar-refractivity contribution >= 4 is 45.4 Å². The van der Waals surface area contributed by atoms with Crippen LogP contribution in [0.3, 0.4) is 0 Å². The van der Waals surface area contributed by atoms with Gasteiger partial charge in [0.05, 0.1) is 29.2 Å². The largest absolute Gasteiger partial charge is 0.549 e. The number of hydrogen-bond donors (Lipinski definition) is 0. The highest BCUT2D eigenvalue weighted by molar-refractivity contribution is 6.01. The number of aliphatic carboxylic acids is 2. The van der Waals surface area contributed by atoms with Crippen LogP contribution in [0.25, 0.3) is 21.5 Å². The molecule has 0 aliphatic heterocycles. The highest BCUT2D eigenvalue weighted by Crippen LogP contribution is 2.44. The second-order valence-corrected chi connectivity index (χ2v) is 9.23.